The summed E-state index contributed by atoms with van der Waals surface area (Å²) in [5.74, 6) is 0.278. The number of phenols is 1. The van der Waals surface area contributed by atoms with Gasteiger partial charge in [0.25, 0.3) is 0 Å². The van der Waals surface area contributed by atoms with Gasteiger partial charge in [0, 0.05) is 42.4 Å². The largest absolute Gasteiger partial charge is 0.504 e. The van der Waals surface area contributed by atoms with Crippen LogP contribution in [0.4, 0.5) is 0 Å². The van der Waals surface area contributed by atoms with Gasteiger partial charge in [-0.15, -0.1) is 0 Å². The summed E-state index contributed by atoms with van der Waals surface area (Å²) in [6, 6.07) is 3.61. The predicted molar refractivity (Wildman–Crippen MR) is 141 cm³/mol. The Morgan fingerprint density at radius 2 is 1.89 bits per heavy atom. The molecule has 0 saturated carbocycles. The summed E-state index contributed by atoms with van der Waals surface area (Å²) in [5, 5.41) is 24.3. The van der Waals surface area contributed by atoms with Crippen LogP contribution in [0.3, 0.4) is 0 Å². The SMILES string of the molecule is CCCCCCCC(=O)CC(=O)CCc1cc(OC)c(O)c(C2C3=CCNC(N)=C3C=CC2CO)c1. The lowest BCUT2D eigenvalue weighted by atomic mass is 9.72. The molecule has 1 heterocycles. The second-order valence-corrected chi connectivity index (χ2v) is 9.71. The molecular weight excluding hydrogens is 456 g/mol. The maximum atomic E-state index is 12.5. The van der Waals surface area contributed by atoms with Crippen molar-refractivity contribution in [2.75, 3.05) is 20.3 Å². The predicted octanol–water partition coefficient (Wildman–Crippen LogP) is 4.18. The third kappa shape index (κ3) is 6.78. The number of rotatable bonds is 14. The highest BCUT2D eigenvalue weighted by atomic mass is 16.5. The number of benzene rings is 1. The summed E-state index contributed by atoms with van der Waals surface area (Å²) < 4.78 is 5.45. The number of unbranched alkanes of at least 4 members (excludes halogenated alkanes) is 4. The molecule has 0 amide bonds. The first-order valence-corrected chi connectivity index (χ1v) is 13.1. The highest BCUT2D eigenvalue weighted by Crippen LogP contribution is 2.47. The zero-order valence-electron chi connectivity index (χ0n) is 21.5. The van der Waals surface area contributed by atoms with Gasteiger partial charge < -0.3 is 26.0 Å². The van der Waals surface area contributed by atoms with E-state index >= 15 is 0 Å². The number of ketones is 2. The van der Waals surface area contributed by atoms with Crippen LogP contribution < -0.4 is 15.8 Å². The maximum absolute atomic E-state index is 12.5. The lowest BCUT2D eigenvalue weighted by molar-refractivity contribution is -0.127. The molecule has 1 aromatic rings. The Kier molecular flexibility index (Phi) is 10.2. The summed E-state index contributed by atoms with van der Waals surface area (Å²) in [4.78, 5) is 24.7. The van der Waals surface area contributed by atoms with E-state index in [2.05, 4.69) is 12.2 Å². The van der Waals surface area contributed by atoms with Crippen LogP contribution in [-0.4, -0.2) is 42.0 Å². The minimum Gasteiger partial charge on any atom is -0.504 e. The number of hydrogen-bond donors (Lipinski definition) is 4. The minimum atomic E-state index is -0.311. The summed E-state index contributed by atoms with van der Waals surface area (Å²) in [6.45, 7) is 2.62. The number of nitrogens with two attached hydrogens (primary N) is 1. The molecule has 0 bridgehead atoms. The lowest BCUT2D eigenvalue weighted by Gasteiger charge is -2.34. The number of aryl methyl sites for hydroxylation is 1. The number of ether oxygens (including phenoxy) is 1. The quantitative estimate of drug-likeness (QED) is 0.225. The smallest absolute Gasteiger partial charge is 0.161 e. The normalized spacial score (nSPS) is 18.9. The molecule has 0 saturated heterocycles. The fraction of sp³-hybridized carbons (Fsp3) is 0.517. The van der Waals surface area contributed by atoms with Crippen molar-refractivity contribution in [1.82, 2.24) is 5.32 Å². The first-order chi connectivity index (χ1) is 17.4. The van der Waals surface area contributed by atoms with Gasteiger partial charge in [-0.05, 0) is 30.0 Å². The van der Waals surface area contributed by atoms with Crippen LogP contribution in [0.1, 0.15) is 75.3 Å². The van der Waals surface area contributed by atoms with E-state index in [-0.39, 0.29) is 48.6 Å². The number of carbonyl (C=O) groups is 2. The Morgan fingerprint density at radius 1 is 1.14 bits per heavy atom. The first-order valence-electron chi connectivity index (χ1n) is 13.1. The standard InChI is InChI=1S/C29H40N2O5/c1-3-4-5-6-7-8-21(33)17-22(34)11-9-19-15-25(28(35)26(16-19)36-2)27-20(18-32)10-12-24-23(27)13-14-31-29(24)30/h10,12-13,15-16,20,27,31-32,35H,3-9,11,14,17-18,30H2,1-2H3. The van der Waals surface area contributed by atoms with E-state index in [0.29, 0.717) is 36.5 Å². The number of hydrogen-bond acceptors (Lipinski definition) is 7. The van der Waals surface area contributed by atoms with Gasteiger partial charge in [0.05, 0.1) is 20.1 Å². The van der Waals surface area contributed by atoms with Gasteiger partial charge in [0.2, 0.25) is 0 Å². The fourth-order valence-electron chi connectivity index (χ4n) is 5.07. The van der Waals surface area contributed by atoms with E-state index in [1.807, 2.05) is 24.3 Å². The number of phenolic OH excluding ortho intramolecular Hbond substituents is 1. The van der Waals surface area contributed by atoms with Crippen LogP contribution in [0.5, 0.6) is 11.5 Å². The zero-order chi connectivity index (χ0) is 26.1. The molecule has 36 heavy (non-hydrogen) atoms. The van der Waals surface area contributed by atoms with Crippen LogP contribution in [0.15, 0.2) is 47.3 Å². The van der Waals surface area contributed by atoms with Gasteiger partial charge in [-0.1, -0.05) is 56.9 Å². The molecule has 1 aliphatic heterocycles. The van der Waals surface area contributed by atoms with Crippen molar-refractivity contribution in [2.24, 2.45) is 11.7 Å². The Bertz CT molecular complexity index is 1040. The van der Waals surface area contributed by atoms with Crippen molar-refractivity contribution < 1.29 is 24.5 Å². The molecule has 7 heteroatoms. The van der Waals surface area contributed by atoms with Crippen molar-refractivity contribution in [2.45, 2.75) is 70.6 Å². The number of allylic oxidation sites excluding steroid dienone is 3. The summed E-state index contributed by atoms with van der Waals surface area (Å²) >= 11 is 0. The zero-order valence-corrected chi connectivity index (χ0v) is 21.5. The lowest BCUT2D eigenvalue weighted by Crippen LogP contribution is -2.31. The van der Waals surface area contributed by atoms with E-state index in [1.54, 1.807) is 6.07 Å². The van der Waals surface area contributed by atoms with Crippen LogP contribution in [0.2, 0.25) is 0 Å². The number of aliphatic hydroxyl groups is 1. The molecule has 2 aliphatic rings. The Balaban J connectivity index is 1.73. The summed E-state index contributed by atoms with van der Waals surface area (Å²) in [5.41, 5.74) is 9.43. The number of aliphatic hydroxyl groups excluding tert-OH is 1. The molecule has 0 radical (unpaired) electrons. The van der Waals surface area contributed by atoms with Crippen LogP contribution in [0, 0.1) is 5.92 Å². The Morgan fingerprint density at radius 3 is 2.61 bits per heavy atom. The number of Topliss-reactive ketones (excluding diaryl/α,β-unsaturated/α-hetero) is 2. The van der Waals surface area contributed by atoms with Crippen molar-refractivity contribution in [1.29, 1.82) is 0 Å². The van der Waals surface area contributed by atoms with E-state index in [4.69, 9.17) is 10.5 Å². The van der Waals surface area contributed by atoms with Crippen molar-refractivity contribution in [3.63, 3.8) is 0 Å². The highest BCUT2D eigenvalue weighted by Gasteiger charge is 2.34. The second-order valence-electron chi connectivity index (χ2n) is 9.71. The Hall–Kier alpha value is -3.06. The number of fused-ring (bicyclic) bond motifs is 1. The number of aromatic hydroxyl groups is 1. The molecule has 7 nitrogen and oxygen atoms in total. The summed E-state index contributed by atoms with van der Waals surface area (Å²) in [7, 11) is 1.49. The topological polar surface area (TPSA) is 122 Å². The molecule has 196 valence electrons. The second kappa shape index (κ2) is 13.3. The van der Waals surface area contributed by atoms with Crippen molar-refractivity contribution >= 4 is 11.6 Å². The van der Waals surface area contributed by atoms with E-state index < -0.39 is 0 Å². The number of carbonyl (C=O) groups excluding carboxylic acids is 2. The van der Waals surface area contributed by atoms with Crippen molar-refractivity contribution in [3.8, 4) is 11.5 Å². The van der Waals surface area contributed by atoms with E-state index in [9.17, 15) is 19.8 Å². The molecule has 5 N–H and O–H groups in total. The van der Waals surface area contributed by atoms with Crippen LogP contribution in [-0.2, 0) is 16.0 Å². The highest BCUT2D eigenvalue weighted by molar-refractivity contribution is 5.99. The molecule has 2 unspecified atom stereocenters. The van der Waals surface area contributed by atoms with Crippen LogP contribution in [0.25, 0.3) is 0 Å². The molecule has 1 aliphatic carbocycles. The van der Waals surface area contributed by atoms with Gasteiger partial charge >= 0.3 is 0 Å². The molecular formula is C29H40N2O5. The average molecular weight is 497 g/mol. The van der Waals surface area contributed by atoms with Gasteiger partial charge in [0.1, 0.15) is 17.4 Å². The molecule has 0 fully saturated rings. The Labute approximate surface area is 214 Å². The molecule has 0 spiro atoms. The number of dihydropyridines is 1. The van der Waals surface area contributed by atoms with Gasteiger partial charge in [0.15, 0.2) is 11.5 Å². The van der Waals surface area contributed by atoms with Gasteiger partial charge in [-0.2, -0.15) is 0 Å². The third-order valence-corrected chi connectivity index (χ3v) is 7.06. The number of methoxy groups -OCH3 is 1. The molecule has 3 rings (SSSR count). The van der Waals surface area contributed by atoms with Gasteiger partial charge in [-0.3, -0.25) is 9.59 Å². The van der Waals surface area contributed by atoms with E-state index in [1.165, 1.54) is 13.5 Å². The third-order valence-electron chi connectivity index (χ3n) is 7.06. The monoisotopic (exact) mass is 496 g/mol. The van der Waals surface area contributed by atoms with Gasteiger partial charge in [-0.25, -0.2) is 0 Å². The number of nitrogens with one attached hydrogen (secondary N) is 1. The fourth-order valence-corrected chi connectivity index (χ4v) is 5.07. The van der Waals surface area contributed by atoms with Crippen LogP contribution >= 0.6 is 0 Å². The summed E-state index contributed by atoms with van der Waals surface area (Å²) in [6.07, 6.45) is 12.3. The maximum Gasteiger partial charge on any atom is 0.161 e. The van der Waals surface area contributed by atoms with Crippen molar-refractivity contribution in [3.05, 3.63) is 58.5 Å². The average Bonchev–Trinajstić information content (AvgIpc) is 2.87. The minimum absolute atomic E-state index is 0.00926. The molecule has 1 aromatic carbocycles. The van der Waals surface area contributed by atoms with E-state index in [0.717, 1.165) is 42.4 Å². The first kappa shape index (κ1) is 27.5. The molecule has 0 aromatic heterocycles. The molecule has 2 atom stereocenters.